The number of pyridine rings is 1. The molecule has 3 heterocycles. The van der Waals surface area contributed by atoms with Crippen LogP contribution in [0, 0.1) is 24.6 Å². The molecule has 2 aromatic heterocycles. The van der Waals surface area contributed by atoms with Crippen LogP contribution >= 0.6 is 0 Å². The molecule has 1 aromatic carbocycles. The van der Waals surface area contributed by atoms with Gasteiger partial charge in [-0.3, -0.25) is 4.79 Å². The number of hydrogen-bond acceptors (Lipinski definition) is 7. The molecule has 0 radical (unpaired) electrons. The average Bonchev–Trinajstić information content (AvgIpc) is 3.33. The summed E-state index contributed by atoms with van der Waals surface area (Å²) in [4.78, 5) is 26.8. The van der Waals surface area contributed by atoms with E-state index < -0.39 is 5.82 Å². The van der Waals surface area contributed by atoms with Gasteiger partial charge in [0.2, 0.25) is 5.95 Å². The van der Waals surface area contributed by atoms with E-state index in [2.05, 4.69) is 26.8 Å². The standard InChI is InChI=1S/C24H23FN6O2/c1-14-18(6-3-15-4-8-21(26)28-12-15)22(30-24(27)29-14)19-7-5-16(11-20(19)25)23(32)31(2)17-9-10-33-13-17/h4-5,7-8,11-12,17H,9-10,13H2,1-2H3,(H2,26,28)(H2,27,29,30). The van der Waals surface area contributed by atoms with E-state index in [1.54, 1.807) is 43.3 Å². The number of rotatable bonds is 3. The first kappa shape index (κ1) is 22.2. The predicted octanol–water partition coefficient (Wildman–Crippen LogP) is 2.41. The average molecular weight is 446 g/mol. The van der Waals surface area contributed by atoms with E-state index in [1.165, 1.54) is 12.1 Å². The lowest BCUT2D eigenvalue weighted by Crippen LogP contribution is -2.37. The number of carbonyl (C=O) groups is 1. The van der Waals surface area contributed by atoms with Crippen molar-refractivity contribution in [3.8, 4) is 23.1 Å². The van der Waals surface area contributed by atoms with Crippen molar-refractivity contribution in [2.24, 2.45) is 0 Å². The van der Waals surface area contributed by atoms with Crippen LogP contribution in [0.4, 0.5) is 16.2 Å². The van der Waals surface area contributed by atoms with E-state index in [0.717, 1.165) is 6.42 Å². The minimum atomic E-state index is -0.605. The van der Waals surface area contributed by atoms with Crippen molar-refractivity contribution < 1.29 is 13.9 Å². The molecule has 1 saturated heterocycles. The summed E-state index contributed by atoms with van der Waals surface area (Å²) < 4.78 is 20.6. The Labute approximate surface area is 190 Å². The minimum Gasteiger partial charge on any atom is -0.384 e. The van der Waals surface area contributed by atoms with Gasteiger partial charge in [-0.15, -0.1) is 0 Å². The molecule has 3 aromatic rings. The fraction of sp³-hybridized carbons (Fsp3) is 0.250. The van der Waals surface area contributed by atoms with E-state index in [-0.39, 0.29) is 34.7 Å². The Bertz CT molecular complexity index is 1260. The second-order valence-electron chi connectivity index (χ2n) is 7.74. The van der Waals surface area contributed by atoms with Gasteiger partial charge in [-0.2, -0.15) is 0 Å². The minimum absolute atomic E-state index is 0.00252. The molecular formula is C24H23FN6O2. The Morgan fingerprint density at radius 1 is 1.21 bits per heavy atom. The summed E-state index contributed by atoms with van der Waals surface area (Å²) in [6.45, 7) is 2.81. The first-order valence-electron chi connectivity index (χ1n) is 10.4. The third-order valence-electron chi connectivity index (χ3n) is 5.47. The number of nitrogens with two attached hydrogens (primary N) is 2. The van der Waals surface area contributed by atoms with Crippen LogP contribution in [0.25, 0.3) is 11.3 Å². The second-order valence-corrected chi connectivity index (χ2v) is 7.74. The molecule has 1 aliphatic heterocycles. The molecule has 1 atom stereocenters. The molecule has 1 unspecified atom stereocenters. The third-order valence-corrected chi connectivity index (χ3v) is 5.47. The SMILES string of the molecule is Cc1nc(N)nc(-c2ccc(C(=O)N(C)C3CCOC3)cc2F)c1C#Cc1ccc(N)nc1. The van der Waals surface area contributed by atoms with Crippen LogP contribution in [0.5, 0.6) is 0 Å². The van der Waals surface area contributed by atoms with Crippen LogP contribution in [-0.4, -0.2) is 52.1 Å². The van der Waals surface area contributed by atoms with Gasteiger partial charge in [-0.05, 0) is 43.7 Å². The number of ether oxygens (including phenoxy) is 1. The lowest BCUT2D eigenvalue weighted by Gasteiger charge is -2.23. The summed E-state index contributed by atoms with van der Waals surface area (Å²) in [5, 5.41) is 0. The van der Waals surface area contributed by atoms with E-state index in [9.17, 15) is 4.79 Å². The monoisotopic (exact) mass is 446 g/mol. The molecule has 1 aliphatic rings. The van der Waals surface area contributed by atoms with Gasteiger partial charge in [0.05, 0.1) is 29.6 Å². The molecule has 0 aliphatic carbocycles. The Kier molecular flexibility index (Phi) is 6.20. The maximum Gasteiger partial charge on any atom is 0.254 e. The van der Waals surface area contributed by atoms with Crippen LogP contribution in [0.1, 0.15) is 33.6 Å². The van der Waals surface area contributed by atoms with Crippen LogP contribution in [-0.2, 0) is 4.74 Å². The van der Waals surface area contributed by atoms with Gasteiger partial charge in [0.1, 0.15) is 11.6 Å². The van der Waals surface area contributed by atoms with Gasteiger partial charge in [0.25, 0.3) is 5.91 Å². The molecule has 33 heavy (non-hydrogen) atoms. The Balaban J connectivity index is 1.70. The molecule has 1 fully saturated rings. The number of aromatic nitrogens is 3. The number of anilines is 2. The maximum absolute atomic E-state index is 15.2. The highest BCUT2D eigenvalue weighted by atomic mass is 19.1. The van der Waals surface area contributed by atoms with Crippen molar-refractivity contribution in [1.29, 1.82) is 0 Å². The van der Waals surface area contributed by atoms with Crippen molar-refractivity contribution in [1.82, 2.24) is 19.9 Å². The Morgan fingerprint density at radius 2 is 2.03 bits per heavy atom. The van der Waals surface area contributed by atoms with Crippen molar-refractivity contribution in [2.75, 3.05) is 31.7 Å². The zero-order valence-electron chi connectivity index (χ0n) is 18.3. The third kappa shape index (κ3) is 4.76. The number of nitrogens with zero attached hydrogens (tertiary/aromatic N) is 4. The number of hydrogen-bond donors (Lipinski definition) is 2. The van der Waals surface area contributed by atoms with Crippen LogP contribution in [0.2, 0.25) is 0 Å². The summed E-state index contributed by atoms with van der Waals surface area (Å²) in [5.74, 6) is 5.48. The number of likely N-dealkylation sites (N-methyl/N-ethyl adjacent to an activating group) is 1. The topological polar surface area (TPSA) is 120 Å². The summed E-state index contributed by atoms with van der Waals surface area (Å²) >= 11 is 0. The largest absolute Gasteiger partial charge is 0.384 e. The molecule has 1 amide bonds. The lowest BCUT2D eigenvalue weighted by atomic mass is 10.0. The van der Waals surface area contributed by atoms with Crippen molar-refractivity contribution in [3.63, 3.8) is 0 Å². The van der Waals surface area contributed by atoms with E-state index >= 15 is 4.39 Å². The normalized spacial score (nSPS) is 15.1. The fourth-order valence-electron chi connectivity index (χ4n) is 3.59. The summed E-state index contributed by atoms with van der Waals surface area (Å²) in [5.41, 5.74) is 13.7. The number of carbonyl (C=O) groups excluding carboxylic acids is 1. The number of nitrogen functional groups attached to an aromatic ring is 2. The number of aryl methyl sites for hydroxylation is 1. The van der Waals surface area contributed by atoms with Gasteiger partial charge in [-0.1, -0.05) is 11.8 Å². The Morgan fingerprint density at radius 3 is 2.70 bits per heavy atom. The molecule has 4 N–H and O–H groups in total. The first-order chi connectivity index (χ1) is 15.8. The molecule has 4 rings (SSSR count). The summed E-state index contributed by atoms with van der Waals surface area (Å²) in [7, 11) is 1.70. The van der Waals surface area contributed by atoms with Gasteiger partial charge >= 0.3 is 0 Å². The summed E-state index contributed by atoms with van der Waals surface area (Å²) in [6.07, 6.45) is 2.30. The predicted molar refractivity (Wildman–Crippen MR) is 123 cm³/mol. The number of benzene rings is 1. The fourth-order valence-corrected chi connectivity index (χ4v) is 3.59. The Hall–Kier alpha value is -4.03. The van der Waals surface area contributed by atoms with Crippen LogP contribution < -0.4 is 11.5 Å². The van der Waals surface area contributed by atoms with E-state index in [4.69, 9.17) is 16.2 Å². The van der Waals surface area contributed by atoms with E-state index in [1.807, 2.05) is 0 Å². The zero-order chi connectivity index (χ0) is 23.5. The molecule has 9 heteroatoms. The molecule has 0 spiro atoms. The van der Waals surface area contributed by atoms with Crippen molar-refractivity contribution in [3.05, 3.63) is 64.7 Å². The number of halogens is 1. The second kappa shape index (κ2) is 9.22. The van der Waals surface area contributed by atoms with Crippen molar-refractivity contribution in [2.45, 2.75) is 19.4 Å². The number of amides is 1. The highest BCUT2D eigenvalue weighted by molar-refractivity contribution is 5.95. The van der Waals surface area contributed by atoms with Crippen LogP contribution in [0.3, 0.4) is 0 Å². The highest BCUT2D eigenvalue weighted by Gasteiger charge is 2.26. The van der Waals surface area contributed by atoms with Gasteiger partial charge in [-0.25, -0.2) is 19.3 Å². The quantitative estimate of drug-likeness (QED) is 0.593. The molecular weight excluding hydrogens is 423 g/mol. The van der Waals surface area contributed by atoms with Gasteiger partial charge in [0, 0.05) is 36.5 Å². The first-order valence-corrected chi connectivity index (χ1v) is 10.4. The molecule has 168 valence electrons. The van der Waals surface area contributed by atoms with Crippen molar-refractivity contribution >= 4 is 17.7 Å². The molecule has 0 saturated carbocycles. The van der Waals surface area contributed by atoms with Gasteiger partial charge in [0.15, 0.2) is 0 Å². The maximum atomic E-state index is 15.2. The highest BCUT2D eigenvalue weighted by Crippen LogP contribution is 2.28. The smallest absolute Gasteiger partial charge is 0.254 e. The van der Waals surface area contributed by atoms with Crippen LogP contribution in [0.15, 0.2) is 36.5 Å². The molecule has 8 nitrogen and oxygen atoms in total. The zero-order valence-corrected chi connectivity index (χ0v) is 18.3. The van der Waals surface area contributed by atoms with Gasteiger partial charge < -0.3 is 21.1 Å². The molecule has 0 bridgehead atoms. The summed E-state index contributed by atoms with van der Waals surface area (Å²) in [6, 6.07) is 7.64. The lowest BCUT2D eigenvalue weighted by molar-refractivity contribution is 0.0711. The van der Waals surface area contributed by atoms with E-state index in [0.29, 0.717) is 35.9 Å².